The van der Waals surface area contributed by atoms with Crippen molar-refractivity contribution in [1.82, 2.24) is 4.98 Å². The number of carbonyl (C=O) groups excluding carboxylic acids is 2. The first kappa shape index (κ1) is 20.2. The number of hydrogen-bond acceptors (Lipinski definition) is 5. The number of aromatic nitrogens is 1. The lowest BCUT2D eigenvalue weighted by Gasteiger charge is -2.23. The summed E-state index contributed by atoms with van der Waals surface area (Å²) in [4.78, 5) is 30.4. The van der Waals surface area contributed by atoms with Gasteiger partial charge in [-0.1, -0.05) is 24.6 Å². The van der Waals surface area contributed by atoms with E-state index in [9.17, 15) is 9.59 Å². The molecule has 2 amide bonds. The number of amides is 2. The van der Waals surface area contributed by atoms with Gasteiger partial charge in [0.05, 0.1) is 5.56 Å². The summed E-state index contributed by atoms with van der Waals surface area (Å²) in [6, 6.07) is 11.6. The van der Waals surface area contributed by atoms with Gasteiger partial charge in [-0.25, -0.2) is 4.98 Å². The molecule has 1 unspecified atom stereocenters. The lowest BCUT2D eigenvalue weighted by molar-refractivity contribution is 0.0956. The van der Waals surface area contributed by atoms with E-state index in [0.717, 1.165) is 0 Å². The lowest BCUT2D eigenvalue weighted by Crippen LogP contribution is -2.34. The van der Waals surface area contributed by atoms with E-state index in [1.165, 1.54) is 11.0 Å². The summed E-state index contributed by atoms with van der Waals surface area (Å²) in [6.45, 7) is 4.04. The van der Waals surface area contributed by atoms with Crippen molar-refractivity contribution in [3.63, 3.8) is 0 Å². The first-order chi connectivity index (χ1) is 12.9. The SMILES string of the molecule is CCCN(C(=O)c1ccc(C)nc1C(N)=O)c1cccc(OC(Cl)C#N)c1. The van der Waals surface area contributed by atoms with Gasteiger partial charge in [-0.3, -0.25) is 9.59 Å². The van der Waals surface area contributed by atoms with Gasteiger partial charge in [-0.2, -0.15) is 5.26 Å². The Labute approximate surface area is 162 Å². The Kier molecular flexibility index (Phi) is 6.74. The van der Waals surface area contributed by atoms with Crippen LogP contribution in [0.5, 0.6) is 5.75 Å². The van der Waals surface area contributed by atoms with Gasteiger partial charge in [-0.15, -0.1) is 0 Å². The first-order valence-electron chi connectivity index (χ1n) is 8.27. The number of aryl methyl sites for hydroxylation is 1. The second-order valence-electron chi connectivity index (χ2n) is 5.73. The van der Waals surface area contributed by atoms with Gasteiger partial charge in [0.2, 0.25) is 0 Å². The molecule has 2 N–H and O–H groups in total. The van der Waals surface area contributed by atoms with E-state index in [-0.39, 0.29) is 11.3 Å². The largest absolute Gasteiger partial charge is 0.461 e. The van der Waals surface area contributed by atoms with E-state index < -0.39 is 17.4 Å². The molecule has 0 bridgehead atoms. The number of alkyl halides is 1. The number of primary amides is 1. The molecule has 1 heterocycles. The molecule has 2 rings (SSSR count). The molecule has 0 radical (unpaired) electrons. The van der Waals surface area contributed by atoms with Crippen molar-refractivity contribution in [1.29, 1.82) is 5.26 Å². The molecule has 27 heavy (non-hydrogen) atoms. The molecule has 0 saturated carbocycles. The second kappa shape index (κ2) is 9.01. The fraction of sp³-hybridized carbons (Fsp3) is 0.263. The zero-order valence-corrected chi connectivity index (χ0v) is 15.7. The van der Waals surface area contributed by atoms with Gasteiger partial charge in [0.15, 0.2) is 0 Å². The van der Waals surface area contributed by atoms with Crippen molar-refractivity contribution in [3.05, 3.63) is 53.3 Å². The zero-order valence-electron chi connectivity index (χ0n) is 15.0. The molecule has 0 saturated heterocycles. The highest BCUT2D eigenvalue weighted by atomic mass is 35.5. The van der Waals surface area contributed by atoms with E-state index in [2.05, 4.69) is 4.98 Å². The number of carbonyl (C=O) groups is 2. The Hall–Kier alpha value is -3.11. The number of nitrogens with two attached hydrogens (primary N) is 1. The third-order valence-corrected chi connectivity index (χ3v) is 3.85. The van der Waals surface area contributed by atoms with Crippen LogP contribution in [0.25, 0.3) is 0 Å². The highest BCUT2D eigenvalue weighted by Gasteiger charge is 2.23. The Morgan fingerprint density at radius 2 is 2.11 bits per heavy atom. The summed E-state index contributed by atoms with van der Waals surface area (Å²) in [5.74, 6) is -0.826. The molecule has 0 aliphatic rings. The molecule has 1 atom stereocenters. The number of halogens is 1. The fourth-order valence-electron chi connectivity index (χ4n) is 2.50. The molecule has 140 valence electrons. The first-order valence-corrected chi connectivity index (χ1v) is 8.70. The monoisotopic (exact) mass is 386 g/mol. The predicted octanol–water partition coefficient (Wildman–Crippen LogP) is 3.01. The van der Waals surface area contributed by atoms with Crippen LogP contribution in [0.15, 0.2) is 36.4 Å². The number of rotatable bonds is 7. The van der Waals surface area contributed by atoms with Gasteiger partial charge < -0.3 is 15.4 Å². The summed E-state index contributed by atoms with van der Waals surface area (Å²) in [5, 5.41) is 8.78. The molecular weight excluding hydrogens is 368 g/mol. The quantitative estimate of drug-likeness (QED) is 0.735. The summed E-state index contributed by atoms with van der Waals surface area (Å²) in [7, 11) is 0. The smallest absolute Gasteiger partial charge is 0.268 e. The third-order valence-electron chi connectivity index (χ3n) is 3.66. The van der Waals surface area contributed by atoms with Crippen LogP contribution in [-0.4, -0.2) is 28.9 Å². The molecule has 0 fully saturated rings. The maximum atomic E-state index is 13.1. The average Bonchev–Trinajstić information content (AvgIpc) is 2.65. The summed E-state index contributed by atoms with van der Waals surface area (Å²) in [6.07, 6.45) is 0.679. The van der Waals surface area contributed by atoms with Crippen LogP contribution < -0.4 is 15.4 Å². The van der Waals surface area contributed by atoms with Gasteiger partial charge in [-0.05, 0) is 37.6 Å². The molecule has 1 aromatic carbocycles. The zero-order chi connectivity index (χ0) is 20.0. The summed E-state index contributed by atoms with van der Waals surface area (Å²) in [5.41, 5.74) is 5.43. The van der Waals surface area contributed by atoms with Gasteiger partial charge in [0.25, 0.3) is 17.4 Å². The molecular formula is C19H19ClN4O3. The lowest BCUT2D eigenvalue weighted by atomic mass is 10.1. The maximum Gasteiger partial charge on any atom is 0.268 e. The normalized spacial score (nSPS) is 11.3. The van der Waals surface area contributed by atoms with Crippen molar-refractivity contribution >= 4 is 29.1 Å². The van der Waals surface area contributed by atoms with Crippen LogP contribution in [0.2, 0.25) is 0 Å². The van der Waals surface area contributed by atoms with Crippen molar-refractivity contribution < 1.29 is 14.3 Å². The van der Waals surface area contributed by atoms with Crippen LogP contribution in [0, 0.1) is 18.3 Å². The molecule has 2 aromatic rings. The number of anilines is 1. The van der Waals surface area contributed by atoms with E-state index in [1.54, 1.807) is 43.3 Å². The van der Waals surface area contributed by atoms with Crippen LogP contribution in [0.3, 0.4) is 0 Å². The fourth-order valence-corrected chi connectivity index (χ4v) is 2.61. The number of ether oxygens (including phenoxy) is 1. The minimum absolute atomic E-state index is 0.0705. The Morgan fingerprint density at radius 3 is 2.74 bits per heavy atom. The van der Waals surface area contributed by atoms with Crippen molar-refractivity contribution in [2.24, 2.45) is 5.73 Å². The van der Waals surface area contributed by atoms with Crippen LogP contribution in [0.1, 0.15) is 39.9 Å². The van der Waals surface area contributed by atoms with E-state index >= 15 is 0 Å². The van der Waals surface area contributed by atoms with E-state index in [0.29, 0.717) is 30.1 Å². The molecule has 0 aliphatic heterocycles. The van der Waals surface area contributed by atoms with E-state index in [4.69, 9.17) is 27.3 Å². The van der Waals surface area contributed by atoms with Crippen molar-refractivity contribution in [2.75, 3.05) is 11.4 Å². The molecule has 8 heteroatoms. The van der Waals surface area contributed by atoms with Crippen LogP contribution in [0.4, 0.5) is 5.69 Å². The van der Waals surface area contributed by atoms with E-state index in [1.807, 2.05) is 6.92 Å². The number of nitrogens with zero attached hydrogens (tertiary/aromatic N) is 3. The van der Waals surface area contributed by atoms with Gasteiger partial charge in [0.1, 0.15) is 17.5 Å². The van der Waals surface area contributed by atoms with Crippen molar-refractivity contribution in [3.8, 4) is 11.8 Å². The van der Waals surface area contributed by atoms with Gasteiger partial charge in [0, 0.05) is 24.0 Å². The number of benzene rings is 1. The number of nitriles is 1. The molecule has 1 aromatic heterocycles. The topological polar surface area (TPSA) is 109 Å². The predicted molar refractivity (Wildman–Crippen MR) is 102 cm³/mol. The standard InChI is InChI=1S/C19H19ClN4O3/c1-3-9-24(13-5-4-6-14(10-13)27-16(20)11-21)19(26)15-8-7-12(2)23-17(15)18(22)25/h4-8,10,16H,3,9H2,1-2H3,(H2,22,25). The Bertz CT molecular complexity index is 895. The minimum Gasteiger partial charge on any atom is -0.461 e. The van der Waals surface area contributed by atoms with Crippen LogP contribution in [-0.2, 0) is 0 Å². The number of pyridine rings is 1. The molecule has 0 aliphatic carbocycles. The van der Waals surface area contributed by atoms with Crippen LogP contribution >= 0.6 is 11.6 Å². The van der Waals surface area contributed by atoms with Crippen molar-refractivity contribution in [2.45, 2.75) is 25.8 Å². The Balaban J connectivity index is 2.44. The summed E-state index contributed by atoms with van der Waals surface area (Å²) < 4.78 is 5.28. The number of hydrogen-bond donors (Lipinski definition) is 1. The Morgan fingerprint density at radius 1 is 1.37 bits per heavy atom. The second-order valence-corrected chi connectivity index (χ2v) is 6.13. The molecule has 0 spiro atoms. The average molecular weight is 387 g/mol. The van der Waals surface area contributed by atoms with Gasteiger partial charge >= 0.3 is 0 Å². The highest BCUT2D eigenvalue weighted by Crippen LogP contribution is 2.25. The molecule has 7 nitrogen and oxygen atoms in total. The third kappa shape index (κ3) is 4.96. The maximum absolute atomic E-state index is 13.1. The highest BCUT2D eigenvalue weighted by molar-refractivity contribution is 6.21. The minimum atomic E-state index is -1.14. The summed E-state index contributed by atoms with van der Waals surface area (Å²) >= 11 is 5.70.